The van der Waals surface area contributed by atoms with Gasteiger partial charge in [-0.3, -0.25) is 4.79 Å². The molecule has 0 saturated heterocycles. The van der Waals surface area contributed by atoms with E-state index in [9.17, 15) is 4.79 Å². The molecule has 6 nitrogen and oxygen atoms in total. The van der Waals surface area contributed by atoms with Crippen LogP contribution >= 0.6 is 0 Å². The molecule has 0 radical (unpaired) electrons. The number of hydrogen-bond acceptors (Lipinski definition) is 5. The number of amides is 1. The fourth-order valence-electron chi connectivity index (χ4n) is 2.78. The first kappa shape index (κ1) is 18.6. The number of carbonyl (C=O) groups excluding carboxylic acids is 1. The van der Waals surface area contributed by atoms with Gasteiger partial charge in [-0.1, -0.05) is 49.3 Å². The standard InChI is InChI=1S/C21H23N3O3/c1-14(2)20(16-7-5-4-6-8-16)23-19(25)13-26-18-11-9-17(10-12-18)21-22-15(3)27-24-21/h4-12,14,20H,13H2,1-3H3,(H,23,25). The molecule has 27 heavy (non-hydrogen) atoms. The third-order valence-corrected chi connectivity index (χ3v) is 4.15. The Balaban J connectivity index is 1.57. The molecule has 3 aromatic rings. The smallest absolute Gasteiger partial charge is 0.258 e. The molecule has 1 amide bonds. The Morgan fingerprint density at radius 2 is 1.81 bits per heavy atom. The van der Waals surface area contributed by atoms with Crippen LogP contribution in [0.4, 0.5) is 0 Å². The number of nitrogens with one attached hydrogen (secondary N) is 1. The zero-order chi connectivity index (χ0) is 19.2. The number of nitrogens with zero attached hydrogens (tertiary/aromatic N) is 2. The molecule has 0 fully saturated rings. The highest BCUT2D eigenvalue weighted by Gasteiger charge is 2.18. The molecular formula is C21H23N3O3. The first-order valence-electron chi connectivity index (χ1n) is 8.91. The normalized spacial score (nSPS) is 12.0. The lowest BCUT2D eigenvalue weighted by molar-refractivity contribution is -0.124. The van der Waals surface area contributed by atoms with Crippen LogP contribution < -0.4 is 10.1 Å². The van der Waals surface area contributed by atoms with E-state index in [2.05, 4.69) is 29.3 Å². The minimum atomic E-state index is -0.157. The van der Waals surface area contributed by atoms with Gasteiger partial charge in [0.2, 0.25) is 11.7 Å². The lowest BCUT2D eigenvalue weighted by atomic mass is 9.96. The first-order chi connectivity index (χ1) is 13.0. The number of aryl methyl sites for hydroxylation is 1. The number of benzene rings is 2. The van der Waals surface area contributed by atoms with Crippen molar-refractivity contribution in [2.45, 2.75) is 26.8 Å². The van der Waals surface area contributed by atoms with Gasteiger partial charge >= 0.3 is 0 Å². The second kappa shape index (κ2) is 8.49. The van der Waals surface area contributed by atoms with Crippen molar-refractivity contribution in [1.29, 1.82) is 0 Å². The van der Waals surface area contributed by atoms with Crippen molar-refractivity contribution in [2.24, 2.45) is 5.92 Å². The summed E-state index contributed by atoms with van der Waals surface area (Å²) in [6, 6.07) is 17.1. The molecule has 0 spiro atoms. The Bertz CT molecular complexity index is 873. The van der Waals surface area contributed by atoms with Crippen LogP contribution in [-0.4, -0.2) is 22.7 Å². The highest BCUT2D eigenvalue weighted by molar-refractivity contribution is 5.78. The molecule has 6 heteroatoms. The lowest BCUT2D eigenvalue weighted by Gasteiger charge is -2.23. The summed E-state index contributed by atoms with van der Waals surface area (Å²) >= 11 is 0. The molecule has 140 valence electrons. The second-order valence-corrected chi connectivity index (χ2v) is 6.65. The van der Waals surface area contributed by atoms with Crippen molar-refractivity contribution in [3.8, 4) is 17.1 Å². The number of carbonyl (C=O) groups is 1. The number of ether oxygens (including phenoxy) is 1. The predicted octanol–water partition coefficient (Wildman–Crippen LogP) is 3.94. The fraction of sp³-hybridized carbons (Fsp3) is 0.286. The molecule has 1 atom stereocenters. The van der Waals surface area contributed by atoms with Gasteiger partial charge in [-0.25, -0.2) is 0 Å². The molecule has 1 aromatic heterocycles. The van der Waals surface area contributed by atoms with Gasteiger partial charge in [-0.2, -0.15) is 4.98 Å². The topological polar surface area (TPSA) is 77.2 Å². The summed E-state index contributed by atoms with van der Waals surface area (Å²) < 4.78 is 10.6. The highest BCUT2D eigenvalue weighted by Crippen LogP contribution is 2.22. The van der Waals surface area contributed by atoms with Crippen molar-refractivity contribution in [2.75, 3.05) is 6.61 Å². The van der Waals surface area contributed by atoms with Crippen LogP contribution in [0.15, 0.2) is 59.1 Å². The summed E-state index contributed by atoms with van der Waals surface area (Å²) in [6.07, 6.45) is 0. The largest absolute Gasteiger partial charge is 0.484 e. The van der Waals surface area contributed by atoms with Crippen molar-refractivity contribution in [1.82, 2.24) is 15.5 Å². The summed E-state index contributed by atoms with van der Waals surface area (Å²) in [5.41, 5.74) is 1.91. The molecule has 0 saturated carbocycles. The van der Waals surface area contributed by atoms with Gasteiger partial charge in [0.05, 0.1) is 6.04 Å². The summed E-state index contributed by atoms with van der Waals surface area (Å²) in [5.74, 6) is 1.76. The molecule has 0 aliphatic heterocycles. The molecule has 1 unspecified atom stereocenters. The summed E-state index contributed by atoms with van der Waals surface area (Å²) in [4.78, 5) is 16.5. The quantitative estimate of drug-likeness (QED) is 0.686. The third kappa shape index (κ3) is 4.94. The van der Waals surface area contributed by atoms with Crippen LogP contribution in [0.5, 0.6) is 5.75 Å². The SMILES string of the molecule is Cc1nc(-c2ccc(OCC(=O)NC(c3ccccc3)C(C)C)cc2)no1. The first-order valence-corrected chi connectivity index (χ1v) is 8.91. The lowest BCUT2D eigenvalue weighted by Crippen LogP contribution is -2.35. The molecule has 3 rings (SSSR count). The Kier molecular flexibility index (Phi) is 5.86. The van der Waals surface area contributed by atoms with E-state index in [1.165, 1.54) is 0 Å². The maximum Gasteiger partial charge on any atom is 0.258 e. The van der Waals surface area contributed by atoms with E-state index in [0.29, 0.717) is 17.5 Å². The molecule has 0 aliphatic rings. The van der Waals surface area contributed by atoms with Crippen LogP contribution in [0.25, 0.3) is 11.4 Å². The fourth-order valence-corrected chi connectivity index (χ4v) is 2.78. The Labute approximate surface area is 158 Å². The summed E-state index contributed by atoms with van der Waals surface area (Å²) in [5, 5.41) is 6.92. The molecule has 0 bridgehead atoms. The molecule has 1 N–H and O–H groups in total. The van der Waals surface area contributed by atoms with Crippen LogP contribution in [0.2, 0.25) is 0 Å². The van der Waals surface area contributed by atoms with Gasteiger partial charge in [0.25, 0.3) is 5.91 Å². The Morgan fingerprint density at radius 3 is 2.41 bits per heavy atom. The maximum atomic E-state index is 12.3. The van der Waals surface area contributed by atoms with Crippen LogP contribution in [0.3, 0.4) is 0 Å². The number of rotatable bonds is 7. The molecule has 2 aromatic carbocycles. The summed E-state index contributed by atoms with van der Waals surface area (Å²) in [7, 11) is 0. The third-order valence-electron chi connectivity index (χ3n) is 4.15. The van der Waals surface area contributed by atoms with Crippen LogP contribution in [0, 0.1) is 12.8 Å². The summed E-state index contributed by atoms with van der Waals surface area (Å²) in [6.45, 7) is 5.86. The van der Waals surface area contributed by atoms with Crippen molar-refractivity contribution < 1.29 is 14.1 Å². The van der Waals surface area contributed by atoms with Gasteiger partial charge in [-0.15, -0.1) is 0 Å². The van der Waals surface area contributed by atoms with Gasteiger partial charge in [-0.05, 0) is 35.7 Å². The predicted molar refractivity (Wildman–Crippen MR) is 102 cm³/mol. The number of hydrogen-bond donors (Lipinski definition) is 1. The zero-order valence-electron chi connectivity index (χ0n) is 15.7. The van der Waals surface area contributed by atoms with Gasteiger partial charge in [0, 0.05) is 12.5 Å². The van der Waals surface area contributed by atoms with Gasteiger partial charge < -0.3 is 14.6 Å². The number of aromatic nitrogens is 2. The van der Waals surface area contributed by atoms with Crippen molar-refractivity contribution in [3.05, 3.63) is 66.1 Å². The van der Waals surface area contributed by atoms with E-state index < -0.39 is 0 Å². The van der Waals surface area contributed by atoms with Crippen LogP contribution in [0.1, 0.15) is 31.3 Å². The molecule has 0 aliphatic carbocycles. The van der Waals surface area contributed by atoms with Gasteiger partial charge in [0.15, 0.2) is 6.61 Å². The minimum Gasteiger partial charge on any atom is -0.484 e. The second-order valence-electron chi connectivity index (χ2n) is 6.65. The average Bonchev–Trinajstić information content (AvgIpc) is 3.11. The van der Waals surface area contributed by atoms with E-state index in [1.807, 2.05) is 42.5 Å². The van der Waals surface area contributed by atoms with Gasteiger partial charge in [0.1, 0.15) is 5.75 Å². The monoisotopic (exact) mass is 365 g/mol. The van der Waals surface area contributed by atoms with Crippen molar-refractivity contribution in [3.63, 3.8) is 0 Å². The minimum absolute atomic E-state index is 0.0449. The Morgan fingerprint density at radius 1 is 1.11 bits per heavy atom. The Hall–Kier alpha value is -3.15. The maximum absolute atomic E-state index is 12.3. The van der Waals surface area contributed by atoms with E-state index in [4.69, 9.17) is 9.26 Å². The van der Waals surface area contributed by atoms with E-state index in [1.54, 1.807) is 19.1 Å². The van der Waals surface area contributed by atoms with Crippen LogP contribution in [-0.2, 0) is 4.79 Å². The average molecular weight is 365 g/mol. The molecule has 1 heterocycles. The van der Waals surface area contributed by atoms with E-state index >= 15 is 0 Å². The zero-order valence-corrected chi connectivity index (χ0v) is 15.7. The van der Waals surface area contributed by atoms with E-state index in [-0.39, 0.29) is 24.5 Å². The molecular weight excluding hydrogens is 342 g/mol. The van der Waals surface area contributed by atoms with Crippen molar-refractivity contribution >= 4 is 5.91 Å². The van der Waals surface area contributed by atoms with E-state index in [0.717, 1.165) is 11.1 Å². The highest BCUT2D eigenvalue weighted by atomic mass is 16.5.